The van der Waals surface area contributed by atoms with E-state index >= 15 is 0 Å². The first-order valence-electron chi connectivity index (χ1n) is 8.70. The van der Waals surface area contributed by atoms with Crippen molar-refractivity contribution in [3.8, 4) is 35.5 Å². The normalized spacial score (nSPS) is 12.6. The van der Waals surface area contributed by atoms with Crippen molar-refractivity contribution in [1.29, 1.82) is 0 Å². The van der Waals surface area contributed by atoms with Gasteiger partial charge in [0.25, 0.3) is 5.88 Å². The molecule has 0 spiro atoms. The zero-order valence-electron chi connectivity index (χ0n) is 16.4. The second-order valence-electron chi connectivity index (χ2n) is 5.80. The number of anilines is 1. The third-order valence-electron chi connectivity index (χ3n) is 4.12. The first-order valence-corrected chi connectivity index (χ1v) is 8.70. The standard InChI is InChI=1S/C22H20N4O3/c1-6-14(7-2)9-16(8-3)26-21-20-22(25-13-24-21)29-17-11-19(28-5)18(27-4)10-15(17)12-23-20/h1,7-13H,2H2,3-5H3,(H,24,25,26)/b14-9-,16-8+. The van der Waals surface area contributed by atoms with Crippen LogP contribution in [0.15, 0.2) is 59.5 Å². The molecule has 1 N–H and O–H groups in total. The fourth-order valence-corrected chi connectivity index (χ4v) is 2.60. The van der Waals surface area contributed by atoms with Gasteiger partial charge in [-0.05, 0) is 19.1 Å². The Hall–Kier alpha value is -4.05. The van der Waals surface area contributed by atoms with Gasteiger partial charge in [0.1, 0.15) is 12.1 Å². The number of aromatic nitrogens is 2. The van der Waals surface area contributed by atoms with Crippen molar-refractivity contribution < 1.29 is 14.2 Å². The summed E-state index contributed by atoms with van der Waals surface area (Å²) in [5, 5.41) is 3.20. The molecule has 0 radical (unpaired) electrons. The summed E-state index contributed by atoms with van der Waals surface area (Å²) in [7, 11) is 3.13. The Kier molecular flexibility index (Phi) is 5.95. The Morgan fingerprint density at radius 1 is 1.24 bits per heavy atom. The maximum Gasteiger partial charge on any atom is 0.250 e. The van der Waals surface area contributed by atoms with E-state index in [1.165, 1.54) is 6.33 Å². The number of benzene rings is 1. The minimum Gasteiger partial charge on any atom is -0.493 e. The molecular formula is C22H20N4O3. The summed E-state index contributed by atoms with van der Waals surface area (Å²) in [6, 6.07) is 3.52. The highest BCUT2D eigenvalue weighted by molar-refractivity contribution is 5.90. The Morgan fingerprint density at radius 3 is 2.66 bits per heavy atom. The predicted molar refractivity (Wildman–Crippen MR) is 113 cm³/mol. The lowest BCUT2D eigenvalue weighted by atomic mass is 10.2. The topological polar surface area (TPSA) is 77.9 Å². The van der Waals surface area contributed by atoms with Crippen molar-refractivity contribution >= 4 is 17.7 Å². The van der Waals surface area contributed by atoms with Gasteiger partial charge < -0.3 is 19.5 Å². The first kappa shape index (κ1) is 19.7. The van der Waals surface area contributed by atoms with E-state index in [1.807, 2.05) is 13.0 Å². The smallest absolute Gasteiger partial charge is 0.250 e. The molecule has 0 saturated heterocycles. The molecule has 1 aliphatic heterocycles. The molecule has 0 fully saturated rings. The second kappa shape index (κ2) is 8.76. The summed E-state index contributed by atoms with van der Waals surface area (Å²) in [5.74, 6) is 5.01. The first-order chi connectivity index (χ1) is 14.1. The molecular weight excluding hydrogens is 368 g/mol. The van der Waals surface area contributed by atoms with Gasteiger partial charge in [0.05, 0.1) is 14.2 Å². The molecule has 1 aliphatic rings. The van der Waals surface area contributed by atoms with Gasteiger partial charge in [-0.2, -0.15) is 4.98 Å². The van der Waals surface area contributed by atoms with Crippen molar-refractivity contribution in [3.63, 3.8) is 0 Å². The Labute approximate surface area is 169 Å². The van der Waals surface area contributed by atoms with E-state index in [9.17, 15) is 0 Å². The number of hydrogen-bond donors (Lipinski definition) is 1. The molecule has 2 aromatic rings. The molecule has 29 heavy (non-hydrogen) atoms. The number of allylic oxidation sites excluding steroid dienone is 4. The fourth-order valence-electron chi connectivity index (χ4n) is 2.60. The molecule has 0 atom stereocenters. The predicted octanol–water partition coefficient (Wildman–Crippen LogP) is 4.41. The van der Waals surface area contributed by atoms with Crippen LogP contribution in [0, 0.1) is 12.3 Å². The molecule has 1 aromatic carbocycles. The number of nitrogens with zero attached hydrogens (tertiary/aromatic N) is 3. The van der Waals surface area contributed by atoms with Gasteiger partial charge in [-0.3, -0.25) is 0 Å². The van der Waals surface area contributed by atoms with Crippen LogP contribution in [0.2, 0.25) is 0 Å². The third kappa shape index (κ3) is 4.12. The summed E-state index contributed by atoms with van der Waals surface area (Å²) in [6.45, 7) is 5.58. The van der Waals surface area contributed by atoms with Gasteiger partial charge in [0, 0.05) is 29.1 Å². The van der Waals surface area contributed by atoms with E-state index in [1.54, 1.807) is 44.7 Å². The molecule has 0 unspecified atom stereocenters. The number of rotatable bonds is 6. The number of terminal acetylenes is 1. The van der Waals surface area contributed by atoms with Crippen LogP contribution in [0.1, 0.15) is 12.5 Å². The van der Waals surface area contributed by atoms with E-state index in [-0.39, 0.29) is 0 Å². The highest BCUT2D eigenvalue weighted by Crippen LogP contribution is 2.42. The lowest BCUT2D eigenvalue weighted by Gasteiger charge is -2.13. The molecule has 0 aliphatic carbocycles. The Bertz CT molecular complexity index is 1080. The second-order valence-corrected chi connectivity index (χ2v) is 5.80. The number of hydrogen-bond acceptors (Lipinski definition) is 7. The molecule has 146 valence electrons. The van der Waals surface area contributed by atoms with Gasteiger partial charge in [-0.15, -0.1) is 6.42 Å². The Balaban J connectivity index is 2.01. The highest BCUT2D eigenvalue weighted by Gasteiger charge is 2.20. The van der Waals surface area contributed by atoms with Crippen LogP contribution in [0.3, 0.4) is 0 Å². The monoisotopic (exact) mass is 388 g/mol. The molecule has 2 heterocycles. The van der Waals surface area contributed by atoms with Crippen LogP contribution in [0.4, 0.5) is 11.5 Å². The van der Waals surface area contributed by atoms with E-state index < -0.39 is 0 Å². The van der Waals surface area contributed by atoms with Crippen molar-refractivity contribution in [2.24, 2.45) is 4.99 Å². The summed E-state index contributed by atoms with van der Waals surface area (Å²) >= 11 is 0. The van der Waals surface area contributed by atoms with Crippen molar-refractivity contribution in [3.05, 3.63) is 60.1 Å². The molecule has 7 nitrogen and oxygen atoms in total. The zero-order chi connectivity index (χ0) is 20.8. The molecule has 3 rings (SSSR count). The average Bonchev–Trinajstić information content (AvgIpc) is 2.94. The van der Waals surface area contributed by atoms with Gasteiger partial charge in [-0.25, -0.2) is 9.98 Å². The quantitative estimate of drug-likeness (QED) is 0.498. The van der Waals surface area contributed by atoms with Gasteiger partial charge in [-0.1, -0.05) is 24.7 Å². The summed E-state index contributed by atoms with van der Waals surface area (Å²) < 4.78 is 16.7. The number of methoxy groups -OCH3 is 2. The molecule has 1 aromatic heterocycles. The van der Waals surface area contributed by atoms with Crippen LogP contribution in [0.25, 0.3) is 0 Å². The summed E-state index contributed by atoms with van der Waals surface area (Å²) in [5.41, 5.74) is 2.55. The minimum absolute atomic E-state index is 0.310. The maximum atomic E-state index is 5.99. The van der Waals surface area contributed by atoms with E-state index in [4.69, 9.17) is 20.6 Å². The summed E-state index contributed by atoms with van der Waals surface area (Å²) in [4.78, 5) is 13.0. The fraction of sp³-hybridized carbons (Fsp3) is 0.136. The van der Waals surface area contributed by atoms with Crippen molar-refractivity contribution in [1.82, 2.24) is 9.97 Å². The number of nitrogens with one attached hydrogen (secondary N) is 1. The largest absolute Gasteiger partial charge is 0.493 e. The van der Waals surface area contributed by atoms with E-state index in [2.05, 4.69) is 32.8 Å². The molecule has 0 bridgehead atoms. The molecule has 7 heteroatoms. The SMILES string of the molecule is C#C/C(C=C)=C/C(=C\C)Nc1ncnc2c1N=Cc1cc(OC)c(OC)cc1O2. The highest BCUT2D eigenvalue weighted by atomic mass is 16.5. The lowest BCUT2D eigenvalue weighted by Crippen LogP contribution is -2.02. The van der Waals surface area contributed by atoms with Crippen LogP contribution in [-0.2, 0) is 0 Å². The third-order valence-corrected chi connectivity index (χ3v) is 4.12. The Morgan fingerprint density at radius 2 is 2.00 bits per heavy atom. The van der Waals surface area contributed by atoms with E-state index in [0.717, 1.165) is 11.3 Å². The van der Waals surface area contributed by atoms with Gasteiger partial charge >= 0.3 is 0 Å². The maximum absolute atomic E-state index is 5.99. The average molecular weight is 388 g/mol. The zero-order valence-corrected chi connectivity index (χ0v) is 16.4. The van der Waals surface area contributed by atoms with Crippen LogP contribution in [0.5, 0.6) is 23.1 Å². The number of fused-ring (bicyclic) bond motifs is 2. The van der Waals surface area contributed by atoms with Gasteiger partial charge in [0.15, 0.2) is 23.0 Å². The van der Waals surface area contributed by atoms with Crippen LogP contribution >= 0.6 is 0 Å². The lowest BCUT2D eigenvalue weighted by molar-refractivity contribution is 0.351. The molecule has 0 saturated carbocycles. The van der Waals surface area contributed by atoms with Crippen LogP contribution < -0.4 is 19.5 Å². The van der Waals surface area contributed by atoms with Crippen molar-refractivity contribution in [2.45, 2.75) is 6.92 Å². The van der Waals surface area contributed by atoms with Crippen LogP contribution in [-0.4, -0.2) is 30.4 Å². The minimum atomic E-state index is 0.310. The van der Waals surface area contributed by atoms with Crippen molar-refractivity contribution in [2.75, 3.05) is 19.5 Å². The number of aliphatic imine (C=N–C) groups is 1. The number of ether oxygens (including phenoxy) is 3. The van der Waals surface area contributed by atoms with E-state index in [0.29, 0.717) is 40.2 Å². The molecule has 0 amide bonds. The summed E-state index contributed by atoms with van der Waals surface area (Å²) in [6.07, 6.45) is 13.8. The van der Waals surface area contributed by atoms with Gasteiger partial charge in [0.2, 0.25) is 0 Å².